The second-order valence-electron chi connectivity index (χ2n) is 7.54. The van der Waals surface area contributed by atoms with Crippen LogP contribution in [-0.2, 0) is 22.7 Å². The molecule has 0 bridgehead atoms. The summed E-state index contributed by atoms with van der Waals surface area (Å²) in [5, 5.41) is 7.03. The van der Waals surface area contributed by atoms with E-state index in [9.17, 15) is 9.59 Å². The molecule has 0 saturated carbocycles. The topological polar surface area (TPSA) is 76.0 Å². The summed E-state index contributed by atoms with van der Waals surface area (Å²) in [6, 6.07) is 22.7. The summed E-state index contributed by atoms with van der Waals surface area (Å²) in [6.45, 7) is 2.43. The molecular weight excluding hydrogens is 456 g/mol. The van der Waals surface area contributed by atoms with Gasteiger partial charge < -0.3 is 15.2 Å². The molecule has 4 rings (SSSR count). The average Bonchev–Trinajstić information content (AvgIpc) is 3.16. The van der Waals surface area contributed by atoms with Gasteiger partial charge in [0.1, 0.15) is 6.54 Å². The molecule has 0 fully saturated rings. The van der Waals surface area contributed by atoms with E-state index in [0.29, 0.717) is 16.7 Å². The minimum absolute atomic E-state index is 0.0902. The van der Waals surface area contributed by atoms with Crippen LogP contribution in [0.4, 0.5) is 5.69 Å². The second kappa shape index (κ2) is 10.6. The van der Waals surface area contributed by atoms with E-state index in [0.717, 1.165) is 27.8 Å². The highest BCUT2D eigenvalue weighted by atomic mass is 35.5. The Labute approximate surface area is 201 Å². The average molecular weight is 479 g/mol. The normalized spacial score (nSPS) is 10.8. The molecule has 0 spiro atoms. The Morgan fingerprint density at radius 2 is 1.70 bits per heavy atom. The fourth-order valence-electron chi connectivity index (χ4n) is 3.32. The summed E-state index contributed by atoms with van der Waals surface area (Å²) in [5.74, 6) is -0.118. The van der Waals surface area contributed by atoms with Gasteiger partial charge in [-0.2, -0.15) is 0 Å². The van der Waals surface area contributed by atoms with Gasteiger partial charge in [-0.1, -0.05) is 71.4 Å². The molecule has 0 aliphatic carbocycles. The molecule has 0 saturated heterocycles. The van der Waals surface area contributed by atoms with Gasteiger partial charge in [0.2, 0.25) is 11.8 Å². The van der Waals surface area contributed by atoms with E-state index in [-0.39, 0.29) is 24.1 Å². The predicted octanol–water partition coefficient (Wildman–Crippen LogP) is 5.05. The van der Waals surface area contributed by atoms with Crippen molar-refractivity contribution in [2.75, 3.05) is 11.1 Å². The fourth-order valence-corrected chi connectivity index (χ4v) is 4.33. The van der Waals surface area contributed by atoms with E-state index in [2.05, 4.69) is 15.6 Å². The highest BCUT2D eigenvalue weighted by Crippen LogP contribution is 2.24. The number of nitrogens with one attached hydrogen (secondary N) is 2. The van der Waals surface area contributed by atoms with E-state index in [1.165, 1.54) is 11.8 Å². The Hall–Kier alpha value is -3.29. The number of anilines is 1. The van der Waals surface area contributed by atoms with Crippen molar-refractivity contribution in [3.63, 3.8) is 0 Å². The third-order valence-corrected chi connectivity index (χ3v) is 6.37. The number of imidazole rings is 1. The molecular formula is C25H23ClN4O2S. The van der Waals surface area contributed by atoms with Crippen molar-refractivity contribution in [1.29, 1.82) is 0 Å². The number of aryl methyl sites for hydroxylation is 1. The highest BCUT2D eigenvalue weighted by molar-refractivity contribution is 7.99. The van der Waals surface area contributed by atoms with Crippen molar-refractivity contribution in [3.8, 4) is 0 Å². The lowest BCUT2D eigenvalue weighted by Crippen LogP contribution is -2.27. The van der Waals surface area contributed by atoms with Crippen LogP contribution < -0.4 is 10.6 Å². The molecule has 6 nitrogen and oxygen atoms in total. The molecule has 168 valence electrons. The van der Waals surface area contributed by atoms with Crippen LogP contribution >= 0.6 is 23.4 Å². The van der Waals surface area contributed by atoms with Crippen LogP contribution in [0, 0.1) is 6.92 Å². The molecule has 33 heavy (non-hydrogen) atoms. The first-order chi connectivity index (χ1) is 16.0. The quantitative estimate of drug-likeness (QED) is 0.348. The summed E-state index contributed by atoms with van der Waals surface area (Å²) in [4.78, 5) is 29.8. The van der Waals surface area contributed by atoms with Crippen LogP contribution in [0.2, 0.25) is 5.02 Å². The van der Waals surface area contributed by atoms with Gasteiger partial charge in [-0.3, -0.25) is 9.59 Å². The lowest BCUT2D eigenvalue weighted by molar-refractivity contribution is -0.121. The van der Waals surface area contributed by atoms with E-state index in [1.807, 2.05) is 78.2 Å². The fraction of sp³-hybridized carbons (Fsp3) is 0.160. The van der Waals surface area contributed by atoms with Crippen molar-refractivity contribution in [1.82, 2.24) is 14.9 Å². The van der Waals surface area contributed by atoms with Gasteiger partial charge >= 0.3 is 0 Å². The maximum Gasteiger partial charge on any atom is 0.240 e. The van der Waals surface area contributed by atoms with Gasteiger partial charge in [-0.25, -0.2) is 4.98 Å². The van der Waals surface area contributed by atoms with Crippen LogP contribution in [0.25, 0.3) is 11.0 Å². The van der Waals surface area contributed by atoms with Crippen molar-refractivity contribution in [2.45, 2.75) is 25.2 Å². The number of halogens is 1. The summed E-state index contributed by atoms with van der Waals surface area (Å²) in [6.07, 6.45) is 0. The monoisotopic (exact) mass is 478 g/mol. The molecule has 0 atom stereocenters. The molecule has 8 heteroatoms. The van der Waals surface area contributed by atoms with E-state index < -0.39 is 0 Å². The third kappa shape index (κ3) is 5.94. The number of aromatic nitrogens is 2. The largest absolute Gasteiger partial charge is 0.350 e. The summed E-state index contributed by atoms with van der Waals surface area (Å²) >= 11 is 7.48. The Kier molecular flexibility index (Phi) is 7.32. The number of hydrogen-bond donors (Lipinski definition) is 2. The number of amides is 2. The lowest BCUT2D eigenvalue weighted by atomic mass is 10.2. The number of benzene rings is 3. The number of para-hydroxylation sites is 2. The van der Waals surface area contributed by atoms with E-state index in [4.69, 9.17) is 11.6 Å². The zero-order valence-electron chi connectivity index (χ0n) is 18.0. The molecule has 0 unspecified atom stereocenters. The first kappa shape index (κ1) is 22.9. The van der Waals surface area contributed by atoms with Gasteiger partial charge in [0.25, 0.3) is 0 Å². The molecule has 4 aromatic rings. The van der Waals surface area contributed by atoms with Crippen LogP contribution in [0.1, 0.15) is 11.1 Å². The Morgan fingerprint density at radius 3 is 2.48 bits per heavy atom. The van der Waals surface area contributed by atoms with Crippen molar-refractivity contribution in [3.05, 3.63) is 88.9 Å². The Balaban J connectivity index is 1.43. The molecule has 0 radical (unpaired) electrons. The smallest absolute Gasteiger partial charge is 0.240 e. The SMILES string of the molecule is Cc1ccc(NC(=O)CSc2nc3ccccc3n2CC(=O)NCc2ccccc2Cl)cc1. The van der Waals surface area contributed by atoms with Crippen molar-refractivity contribution in [2.24, 2.45) is 0 Å². The van der Waals surface area contributed by atoms with Crippen molar-refractivity contribution < 1.29 is 9.59 Å². The van der Waals surface area contributed by atoms with Crippen LogP contribution in [-0.4, -0.2) is 27.1 Å². The Morgan fingerprint density at radius 1 is 0.970 bits per heavy atom. The second-order valence-corrected chi connectivity index (χ2v) is 8.89. The maximum absolute atomic E-state index is 12.7. The van der Waals surface area contributed by atoms with E-state index >= 15 is 0 Å². The zero-order chi connectivity index (χ0) is 23.2. The first-order valence-electron chi connectivity index (χ1n) is 10.4. The highest BCUT2D eigenvalue weighted by Gasteiger charge is 2.16. The zero-order valence-corrected chi connectivity index (χ0v) is 19.6. The molecule has 0 aliphatic heterocycles. The van der Waals surface area contributed by atoms with Gasteiger partial charge in [0, 0.05) is 17.3 Å². The van der Waals surface area contributed by atoms with Gasteiger partial charge in [0.15, 0.2) is 5.16 Å². The maximum atomic E-state index is 12.7. The summed E-state index contributed by atoms with van der Waals surface area (Å²) in [7, 11) is 0. The van der Waals surface area contributed by atoms with Crippen LogP contribution in [0.5, 0.6) is 0 Å². The van der Waals surface area contributed by atoms with Gasteiger partial charge in [-0.15, -0.1) is 0 Å². The minimum atomic E-state index is -0.163. The number of carbonyl (C=O) groups is 2. The number of nitrogens with zero attached hydrogens (tertiary/aromatic N) is 2. The lowest BCUT2D eigenvalue weighted by Gasteiger charge is -2.11. The number of rotatable bonds is 8. The molecule has 2 N–H and O–H groups in total. The molecule has 1 aromatic heterocycles. The Bertz CT molecular complexity index is 1290. The standard InChI is InChI=1S/C25H23ClN4O2S/c1-17-10-12-19(13-11-17)28-24(32)16-33-25-29-21-8-4-5-9-22(21)30(25)15-23(31)27-14-18-6-2-3-7-20(18)26/h2-13H,14-16H2,1H3,(H,27,31)(H,28,32). The van der Waals surface area contributed by atoms with Gasteiger partial charge in [0.05, 0.1) is 16.8 Å². The molecule has 3 aromatic carbocycles. The molecule has 0 aliphatic rings. The van der Waals surface area contributed by atoms with Crippen molar-refractivity contribution >= 4 is 51.9 Å². The molecule has 1 heterocycles. The number of thioether (sulfide) groups is 1. The predicted molar refractivity (Wildman–Crippen MR) is 134 cm³/mol. The first-order valence-corrected chi connectivity index (χ1v) is 11.8. The number of carbonyl (C=O) groups excluding carboxylic acids is 2. The van der Waals surface area contributed by atoms with E-state index in [1.54, 1.807) is 6.07 Å². The minimum Gasteiger partial charge on any atom is -0.350 e. The van der Waals surface area contributed by atoms with Crippen LogP contribution in [0.3, 0.4) is 0 Å². The summed E-state index contributed by atoms with van der Waals surface area (Å²) < 4.78 is 1.83. The third-order valence-electron chi connectivity index (χ3n) is 5.02. The summed E-state index contributed by atoms with van der Waals surface area (Å²) in [5.41, 5.74) is 4.35. The number of fused-ring (bicyclic) bond motifs is 1. The van der Waals surface area contributed by atoms with Crippen LogP contribution in [0.15, 0.2) is 78.0 Å². The number of hydrogen-bond acceptors (Lipinski definition) is 4. The molecule has 2 amide bonds. The van der Waals surface area contributed by atoms with Gasteiger partial charge in [-0.05, 0) is 42.8 Å².